The maximum Gasteiger partial charge on any atom is 0.303 e. The summed E-state index contributed by atoms with van der Waals surface area (Å²) in [6.45, 7) is 0. The van der Waals surface area contributed by atoms with Gasteiger partial charge in [0.2, 0.25) is 0 Å². The minimum atomic E-state index is -0.882. The quantitative estimate of drug-likeness (QED) is 0.829. The van der Waals surface area contributed by atoms with Crippen molar-refractivity contribution >= 4 is 5.97 Å². The molecule has 0 aromatic carbocycles. The van der Waals surface area contributed by atoms with Crippen LogP contribution < -0.4 is 0 Å². The van der Waals surface area contributed by atoms with Crippen LogP contribution in [0.5, 0.6) is 0 Å². The lowest BCUT2D eigenvalue weighted by molar-refractivity contribution is -0.137. The van der Waals surface area contributed by atoms with Gasteiger partial charge in [-0.2, -0.15) is 4.98 Å². The van der Waals surface area contributed by atoms with Gasteiger partial charge >= 0.3 is 5.97 Å². The molecule has 0 saturated heterocycles. The molecule has 0 aliphatic rings. The van der Waals surface area contributed by atoms with Crippen LogP contribution in [0.4, 0.5) is 0 Å². The van der Waals surface area contributed by atoms with Gasteiger partial charge < -0.3 is 9.63 Å². The Morgan fingerprint density at radius 1 is 1.50 bits per heavy atom. The summed E-state index contributed by atoms with van der Waals surface area (Å²) < 4.78 is 4.99. The summed E-state index contributed by atoms with van der Waals surface area (Å²) in [6.07, 6.45) is 3.50. The highest BCUT2D eigenvalue weighted by molar-refractivity contribution is 5.66. The van der Waals surface area contributed by atoms with Crippen LogP contribution in [0.2, 0.25) is 0 Å². The third-order valence-corrected chi connectivity index (χ3v) is 1.94. The fraction of sp³-hybridized carbons (Fsp3) is 0.200. The van der Waals surface area contributed by atoms with Crippen molar-refractivity contribution in [3.05, 3.63) is 30.4 Å². The van der Waals surface area contributed by atoms with Gasteiger partial charge in [0.25, 0.3) is 5.89 Å². The molecule has 6 nitrogen and oxygen atoms in total. The van der Waals surface area contributed by atoms with Gasteiger partial charge in [-0.1, -0.05) is 5.16 Å². The summed E-state index contributed by atoms with van der Waals surface area (Å²) in [5.41, 5.74) is 0.719. The normalized spacial score (nSPS) is 10.2. The third kappa shape index (κ3) is 2.41. The zero-order chi connectivity index (χ0) is 11.4. The van der Waals surface area contributed by atoms with Gasteiger partial charge in [-0.25, -0.2) is 0 Å². The Morgan fingerprint density at radius 3 is 3.06 bits per heavy atom. The second kappa shape index (κ2) is 4.52. The van der Waals surface area contributed by atoms with Crippen LogP contribution in [0, 0.1) is 0 Å². The Morgan fingerprint density at radius 2 is 2.38 bits per heavy atom. The molecule has 2 heterocycles. The van der Waals surface area contributed by atoms with Gasteiger partial charge in [-0.05, 0) is 12.1 Å². The summed E-state index contributed by atoms with van der Waals surface area (Å²) >= 11 is 0. The van der Waals surface area contributed by atoms with E-state index in [0.717, 1.165) is 5.56 Å². The summed E-state index contributed by atoms with van der Waals surface area (Å²) in [5.74, 6) is -0.137. The van der Waals surface area contributed by atoms with E-state index in [9.17, 15) is 4.79 Å². The molecule has 2 aromatic rings. The summed E-state index contributed by atoms with van der Waals surface area (Å²) in [7, 11) is 0. The van der Waals surface area contributed by atoms with E-state index in [-0.39, 0.29) is 12.8 Å². The van der Waals surface area contributed by atoms with Gasteiger partial charge in [0.15, 0.2) is 5.82 Å². The maximum absolute atomic E-state index is 10.4. The summed E-state index contributed by atoms with van der Waals surface area (Å²) in [6, 6.07) is 3.55. The highest BCUT2D eigenvalue weighted by atomic mass is 16.5. The molecule has 2 aromatic heterocycles. The molecule has 0 radical (unpaired) electrons. The number of nitrogens with zero attached hydrogens (tertiary/aromatic N) is 3. The molecule has 0 atom stereocenters. The van der Waals surface area contributed by atoms with Crippen molar-refractivity contribution in [1.29, 1.82) is 0 Å². The number of hydrogen-bond acceptors (Lipinski definition) is 5. The number of aryl methyl sites for hydroxylation is 1. The lowest BCUT2D eigenvalue weighted by atomic mass is 10.3. The van der Waals surface area contributed by atoms with E-state index in [1.54, 1.807) is 24.5 Å². The highest BCUT2D eigenvalue weighted by Crippen LogP contribution is 2.15. The number of rotatable bonds is 4. The monoisotopic (exact) mass is 219 g/mol. The molecular weight excluding hydrogens is 210 g/mol. The molecule has 16 heavy (non-hydrogen) atoms. The van der Waals surface area contributed by atoms with Crippen molar-refractivity contribution < 1.29 is 14.4 Å². The zero-order valence-electron chi connectivity index (χ0n) is 8.33. The first-order chi connectivity index (χ1) is 7.75. The summed E-state index contributed by atoms with van der Waals surface area (Å²) in [5, 5.41) is 12.2. The molecular formula is C10H9N3O3. The van der Waals surface area contributed by atoms with Crippen molar-refractivity contribution in [1.82, 2.24) is 15.1 Å². The Kier molecular flexibility index (Phi) is 2.90. The van der Waals surface area contributed by atoms with E-state index in [0.29, 0.717) is 11.7 Å². The predicted octanol–water partition coefficient (Wildman–Crippen LogP) is 1.15. The van der Waals surface area contributed by atoms with E-state index in [4.69, 9.17) is 9.63 Å². The maximum atomic E-state index is 10.4. The number of carboxylic acid groups (broad SMARTS) is 1. The van der Waals surface area contributed by atoms with Crippen LogP contribution in [0.1, 0.15) is 12.2 Å². The molecule has 82 valence electrons. The van der Waals surface area contributed by atoms with Crippen LogP contribution in [0.15, 0.2) is 29.0 Å². The van der Waals surface area contributed by atoms with Gasteiger partial charge in [0.05, 0.1) is 12.0 Å². The smallest absolute Gasteiger partial charge is 0.303 e. The number of hydrogen-bond donors (Lipinski definition) is 1. The number of pyridine rings is 1. The minimum Gasteiger partial charge on any atom is -0.481 e. The Balaban J connectivity index is 2.11. The topological polar surface area (TPSA) is 89.1 Å². The van der Waals surface area contributed by atoms with E-state index in [1.807, 2.05) is 0 Å². The van der Waals surface area contributed by atoms with Crippen molar-refractivity contribution in [2.75, 3.05) is 0 Å². The SMILES string of the molecule is O=C(O)CCc1noc(-c2cccnc2)n1. The van der Waals surface area contributed by atoms with Crippen molar-refractivity contribution in [3.63, 3.8) is 0 Å². The van der Waals surface area contributed by atoms with Crippen LogP contribution in [-0.4, -0.2) is 26.2 Å². The number of aromatic nitrogens is 3. The van der Waals surface area contributed by atoms with Gasteiger partial charge in [-0.15, -0.1) is 0 Å². The van der Waals surface area contributed by atoms with Crippen LogP contribution in [-0.2, 0) is 11.2 Å². The largest absolute Gasteiger partial charge is 0.481 e. The predicted molar refractivity (Wildman–Crippen MR) is 53.5 cm³/mol. The van der Waals surface area contributed by atoms with E-state index < -0.39 is 5.97 Å². The Labute approximate surface area is 90.9 Å². The van der Waals surface area contributed by atoms with Gasteiger partial charge in [0, 0.05) is 18.8 Å². The first kappa shape index (κ1) is 10.3. The molecule has 0 saturated carbocycles. The van der Waals surface area contributed by atoms with Crippen molar-refractivity contribution in [3.8, 4) is 11.5 Å². The molecule has 6 heteroatoms. The van der Waals surface area contributed by atoms with Gasteiger partial charge in [0.1, 0.15) is 0 Å². The second-order valence-corrected chi connectivity index (χ2v) is 3.15. The molecule has 0 amide bonds. The molecule has 2 rings (SSSR count). The standard InChI is InChI=1S/C10H9N3O3/c14-9(15)4-3-8-12-10(16-13-8)7-2-1-5-11-6-7/h1-2,5-6H,3-4H2,(H,14,15). The minimum absolute atomic E-state index is 0.00792. The van der Waals surface area contributed by atoms with Crippen molar-refractivity contribution in [2.24, 2.45) is 0 Å². The second-order valence-electron chi connectivity index (χ2n) is 3.15. The molecule has 0 fully saturated rings. The van der Waals surface area contributed by atoms with Crippen LogP contribution in [0.25, 0.3) is 11.5 Å². The molecule has 0 aliphatic carbocycles. The molecule has 1 N–H and O–H groups in total. The van der Waals surface area contributed by atoms with Crippen LogP contribution in [0.3, 0.4) is 0 Å². The zero-order valence-corrected chi connectivity index (χ0v) is 8.33. The lowest BCUT2D eigenvalue weighted by Gasteiger charge is -1.90. The highest BCUT2D eigenvalue weighted by Gasteiger charge is 2.09. The average molecular weight is 219 g/mol. The van der Waals surface area contributed by atoms with Crippen LogP contribution >= 0.6 is 0 Å². The number of carboxylic acids is 1. The fourth-order valence-electron chi connectivity index (χ4n) is 1.18. The lowest BCUT2D eigenvalue weighted by Crippen LogP contribution is -1.98. The average Bonchev–Trinajstić information content (AvgIpc) is 2.76. The first-order valence-electron chi connectivity index (χ1n) is 4.70. The van der Waals surface area contributed by atoms with Crippen molar-refractivity contribution in [2.45, 2.75) is 12.8 Å². The van der Waals surface area contributed by atoms with E-state index in [2.05, 4.69) is 15.1 Å². The molecule has 0 unspecified atom stereocenters. The molecule has 0 aliphatic heterocycles. The molecule has 0 bridgehead atoms. The Bertz CT molecular complexity index is 481. The number of aliphatic carboxylic acids is 1. The van der Waals surface area contributed by atoms with E-state index >= 15 is 0 Å². The van der Waals surface area contributed by atoms with Gasteiger partial charge in [-0.3, -0.25) is 9.78 Å². The van der Waals surface area contributed by atoms with E-state index in [1.165, 1.54) is 0 Å². The first-order valence-corrected chi connectivity index (χ1v) is 4.70. The Hall–Kier alpha value is -2.24. The number of carbonyl (C=O) groups is 1. The third-order valence-electron chi connectivity index (χ3n) is 1.94. The summed E-state index contributed by atoms with van der Waals surface area (Å²) in [4.78, 5) is 18.3. The molecule has 0 spiro atoms. The fourth-order valence-corrected chi connectivity index (χ4v) is 1.18.